The van der Waals surface area contributed by atoms with Gasteiger partial charge in [0.05, 0.1) is 0 Å². The molecule has 0 nitrogen and oxygen atoms in total. The molecule has 0 fully saturated rings. The van der Waals surface area contributed by atoms with Crippen LogP contribution in [0.3, 0.4) is 0 Å². The highest BCUT2D eigenvalue weighted by Gasteiger charge is 2.34. The lowest BCUT2D eigenvalue weighted by Crippen LogP contribution is -2.06. The Labute approximate surface area is 359 Å². The van der Waals surface area contributed by atoms with Crippen molar-refractivity contribution in [2.75, 3.05) is 0 Å². The van der Waals surface area contributed by atoms with Crippen LogP contribution in [-0.4, -0.2) is 0 Å². The van der Waals surface area contributed by atoms with Crippen molar-refractivity contribution in [1.29, 1.82) is 0 Å². The van der Waals surface area contributed by atoms with E-state index in [1.807, 2.05) is 0 Å². The van der Waals surface area contributed by atoms with Crippen molar-refractivity contribution < 1.29 is 0 Å². The minimum atomic E-state index is -0.00801. The van der Waals surface area contributed by atoms with Gasteiger partial charge in [0.15, 0.2) is 0 Å². The zero-order valence-corrected chi connectivity index (χ0v) is 37.8. The van der Waals surface area contributed by atoms with Crippen LogP contribution in [0.1, 0.15) is 109 Å². The summed E-state index contributed by atoms with van der Waals surface area (Å²) in [6.45, 7) is 27.3. The van der Waals surface area contributed by atoms with Crippen molar-refractivity contribution >= 4 is 0 Å². The molecule has 0 heterocycles. The molecule has 9 aliphatic carbocycles. The van der Waals surface area contributed by atoms with Crippen molar-refractivity contribution in [3.63, 3.8) is 0 Å². The SMILES string of the molecule is CC(C)(C)C1=CC=C2C3=C=C([12CH2]C4=C=C([12CH2]C5=C=C([12CH2]C6=C=C([12CH2]3)C3=C=CC(C(C)(C)C)=CC=C63)C3=CC=C(C(C)(C)C)C=C=C53)C3=CC=C(C(C)(C)C)C=C=C43)C2=C=C1. The highest BCUT2D eigenvalue weighted by atomic mass is 14.4. The maximum Gasteiger partial charge on any atom is 0.0359 e. The van der Waals surface area contributed by atoms with Crippen LogP contribution in [0.4, 0.5) is 0 Å². The number of fused-ring (bicyclic) bond motifs is 12. The Hall–Kier alpha value is -5.92. The van der Waals surface area contributed by atoms with Gasteiger partial charge >= 0.3 is 0 Å². The largest absolute Gasteiger partial charge is 0.111 e. The van der Waals surface area contributed by atoms with Crippen LogP contribution in [0.15, 0.2) is 230 Å². The molecule has 9 rings (SSSR count). The fraction of sp³-hybridized carbons (Fsp3) is 0.333. The van der Waals surface area contributed by atoms with Crippen molar-refractivity contribution in [3.8, 4) is 0 Å². The minimum Gasteiger partial charge on any atom is -0.111 e. The molecule has 0 amide bonds. The predicted octanol–water partition coefficient (Wildman–Crippen LogP) is 15.4. The van der Waals surface area contributed by atoms with Gasteiger partial charge in [0.2, 0.25) is 0 Å². The summed E-state index contributed by atoms with van der Waals surface area (Å²) in [4.78, 5) is 0. The molecule has 0 aliphatic heterocycles. The molecule has 0 unspecified atom stereocenters. The molecule has 0 radical (unpaired) electrons. The molecule has 0 aromatic rings. The van der Waals surface area contributed by atoms with Gasteiger partial charge in [-0.2, -0.15) is 0 Å². The molecule has 8 bridgehead atoms. The molecule has 296 valence electrons. The zero-order valence-electron chi connectivity index (χ0n) is 37.8. The Morgan fingerprint density at radius 1 is 0.283 bits per heavy atom. The predicted molar refractivity (Wildman–Crippen MR) is 249 cm³/mol. The highest BCUT2D eigenvalue weighted by Crippen LogP contribution is 2.49. The summed E-state index contributed by atoms with van der Waals surface area (Å²) in [5.41, 5.74) is 55.0. The molecule has 0 atom stereocenters. The molecule has 0 spiro atoms. The van der Waals surface area contributed by atoms with E-state index in [2.05, 4.69) is 202 Å². The second-order valence-corrected chi connectivity index (χ2v) is 21.5. The molecule has 0 aromatic heterocycles. The van der Waals surface area contributed by atoms with Crippen LogP contribution < -0.4 is 0 Å². The first-order valence-electron chi connectivity index (χ1n) is 21.8. The first kappa shape index (κ1) is 39.5. The lowest BCUT2D eigenvalue weighted by Gasteiger charge is -2.18. The van der Waals surface area contributed by atoms with Crippen molar-refractivity contribution in [3.05, 3.63) is 230 Å². The molecule has 0 aromatic carbocycles. The van der Waals surface area contributed by atoms with Crippen LogP contribution in [0.5, 0.6) is 0 Å². The molecule has 60 heavy (non-hydrogen) atoms. The molecular formula is C60H56. The number of hydrogen-bond donors (Lipinski definition) is 0. The maximum absolute atomic E-state index is 4.00. The van der Waals surface area contributed by atoms with E-state index in [4.69, 9.17) is 0 Å². The fourth-order valence-corrected chi connectivity index (χ4v) is 9.04. The number of allylic oxidation sites excluding steroid dienone is 24. The summed E-state index contributed by atoms with van der Waals surface area (Å²) >= 11 is 0. The van der Waals surface area contributed by atoms with Gasteiger partial charge < -0.3 is 0 Å². The Morgan fingerprint density at radius 3 is 0.700 bits per heavy atom. The Morgan fingerprint density at radius 2 is 0.483 bits per heavy atom. The second kappa shape index (κ2) is 13.8. The standard InChI is InChI=1S/C60H56/c1-57(2,3)45-13-21-49-37-29-38(50(49)22-14-45)34-40-31-42(54-26-18-47(59(7,8)9)16-24-52(40)54)36-44-32-43(55-27-19-48(60(10,11)12)20-28-56(44)55)35-41-30-39(33-37)51-23-15-46(58(4,5)6)17-25-53(41)51/h13-21,23-24,27H,33-36H2,1-12H3/i33+0,34+0,35+0,36+0. The molecule has 0 heteroatoms. The molecule has 0 saturated heterocycles. The lowest BCUT2D eigenvalue weighted by molar-refractivity contribution is 0.517. The van der Waals surface area contributed by atoms with Gasteiger partial charge in [0.1, 0.15) is 0 Å². The van der Waals surface area contributed by atoms with E-state index in [1.165, 1.54) is 66.9 Å². The summed E-state index contributed by atoms with van der Waals surface area (Å²) in [5, 5.41) is 0. The van der Waals surface area contributed by atoms with E-state index in [9.17, 15) is 0 Å². The quantitative estimate of drug-likeness (QED) is 0.215. The van der Waals surface area contributed by atoms with Crippen molar-refractivity contribution in [1.82, 2.24) is 0 Å². The van der Waals surface area contributed by atoms with Gasteiger partial charge in [0.25, 0.3) is 0 Å². The van der Waals surface area contributed by atoms with Crippen LogP contribution in [0, 0.1) is 21.7 Å². The third-order valence-corrected chi connectivity index (χ3v) is 12.9. The Kier molecular flexibility index (Phi) is 9.10. The maximum atomic E-state index is 4.00. The van der Waals surface area contributed by atoms with Gasteiger partial charge in [-0.15, -0.1) is 45.8 Å². The molecular weight excluding hydrogens is 721 g/mol. The van der Waals surface area contributed by atoms with E-state index in [0.717, 1.165) is 44.6 Å². The minimum absolute atomic E-state index is 0.00628. The van der Waals surface area contributed by atoms with Gasteiger partial charge in [-0.25, -0.2) is 0 Å². The average molecular weight is 777 g/mol. The van der Waals surface area contributed by atoms with E-state index in [-0.39, 0.29) is 21.7 Å². The topological polar surface area (TPSA) is 0 Å². The van der Waals surface area contributed by atoms with Crippen molar-refractivity contribution in [2.24, 2.45) is 21.7 Å². The summed E-state index contributed by atoms with van der Waals surface area (Å²) in [5.74, 6) is 0. The van der Waals surface area contributed by atoms with Gasteiger partial charge in [-0.3, -0.25) is 0 Å². The van der Waals surface area contributed by atoms with Crippen LogP contribution in [0.2, 0.25) is 0 Å². The van der Waals surface area contributed by atoms with Crippen molar-refractivity contribution in [2.45, 2.75) is 109 Å². The van der Waals surface area contributed by atoms with E-state index in [0.29, 0.717) is 25.7 Å². The summed E-state index contributed by atoms with van der Waals surface area (Å²) in [6, 6.07) is 0. The Balaban J connectivity index is 1.29. The molecule has 0 saturated carbocycles. The zero-order chi connectivity index (χ0) is 42.5. The highest BCUT2D eigenvalue weighted by molar-refractivity contribution is 5.75. The molecule has 9 aliphatic rings. The monoisotopic (exact) mass is 776 g/mol. The smallest absolute Gasteiger partial charge is 0.0359 e. The lowest BCUT2D eigenvalue weighted by atomic mass is 9.86. The van der Waals surface area contributed by atoms with E-state index in [1.54, 1.807) is 0 Å². The number of rotatable bonds is 0. The van der Waals surface area contributed by atoms with Crippen LogP contribution in [-0.2, 0) is 0 Å². The first-order valence-corrected chi connectivity index (χ1v) is 21.8. The first-order chi connectivity index (χ1) is 28.2. The van der Waals surface area contributed by atoms with Gasteiger partial charge in [-0.1, -0.05) is 132 Å². The van der Waals surface area contributed by atoms with E-state index < -0.39 is 0 Å². The molecule has 0 N–H and O–H groups in total. The Bertz CT molecular complexity index is 2790. The van der Waals surface area contributed by atoms with Gasteiger partial charge in [0, 0.05) is 115 Å². The van der Waals surface area contributed by atoms with Gasteiger partial charge in [-0.05, 0) is 68.3 Å². The summed E-state index contributed by atoms with van der Waals surface area (Å²) in [7, 11) is 0. The second-order valence-electron chi connectivity index (χ2n) is 21.5. The summed E-state index contributed by atoms with van der Waals surface area (Å²) < 4.78 is 0. The number of hydrogen-bond acceptors (Lipinski definition) is 0. The average Bonchev–Trinajstić information content (AvgIpc) is 3.53. The van der Waals surface area contributed by atoms with Crippen LogP contribution in [0.25, 0.3) is 0 Å². The third kappa shape index (κ3) is 7.13. The normalized spacial score (nSPS) is 21.7. The summed E-state index contributed by atoms with van der Waals surface area (Å²) in [6.07, 6.45) is 30.0. The fourth-order valence-electron chi connectivity index (χ4n) is 9.04. The third-order valence-electron chi connectivity index (χ3n) is 12.9. The van der Waals surface area contributed by atoms with E-state index >= 15 is 0 Å². The van der Waals surface area contributed by atoms with Crippen LogP contribution >= 0.6 is 0 Å².